The van der Waals surface area contributed by atoms with E-state index in [2.05, 4.69) is 5.32 Å². The summed E-state index contributed by atoms with van der Waals surface area (Å²) >= 11 is 0. The lowest BCUT2D eigenvalue weighted by Crippen LogP contribution is -2.38. The lowest BCUT2D eigenvalue weighted by molar-refractivity contribution is -0.137. The van der Waals surface area contributed by atoms with Gasteiger partial charge in [-0.05, 0) is 30.5 Å². The zero-order chi connectivity index (χ0) is 14.6. The number of nitrogens with one attached hydrogen (secondary N) is 1. The van der Waals surface area contributed by atoms with Gasteiger partial charge in [0.1, 0.15) is 0 Å². The van der Waals surface area contributed by atoms with Crippen LogP contribution in [0.5, 0.6) is 0 Å². The van der Waals surface area contributed by atoms with Crippen LogP contribution < -0.4 is 5.32 Å². The first kappa shape index (κ1) is 16.0. The highest BCUT2D eigenvalue weighted by Crippen LogP contribution is 2.30. The van der Waals surface area contributed by atoms with Gasteiger partial charge in [0, 0.05) is 12.1 Å². The molecule has 2 atom stereocenters. The molecule has 1 aromatic carbocycles. The highest BCUT2D eigenvalue weighted by Gasteiger charge is 2.30. The Bertz CT molecular complexity index is 387. The Morgan fingerprint density at radius 2 is 1.63 bits per heavy atom. The molecule has 5 heteroatoms. The molecule has 0 bridgehead atoms. The summed E-state index contributed by atoms with van der Waals surface area (Å²) in [6.45, 7) is 5.83. The summed E-state index contributed by atoms with van der Waals surface area (Å²) in [4.78, 5) is 0. The Morgan fingerprint density at radius 1 is 1.11 bits per heavy atom. The second-order valence-electron chi connectivity index (χ2n) is 5.04. The predicted octanol–water partition coefficient (Wildman–Crippen LogP) is 3.37. The van der Waals surface area contributed by atoms with Crippen molar-refractivity contribution in [3.05, 3.63) is 35.4 Å². The second kappa shape index (κ2) is 6.39. The molecule has 0 radical (unpaired) electrons. The van der Waals surface area contributed by atoms with E-state index < -0.39 is 11.7 Å². The van der Waals surface area contributed by atoms with Crippen LogP contribution in [0.25, 0.3) is 0 Å². The van der Waals surface area contributed by atoms with E-state index in [1.807, 2.05) is 20.8 Å². The molecule has 1 aromatic rings. The van der Waals surface area contributed by atoms with Crippen molar-refractivity contribution in [3.8, 4) is 0 Å². The summed E-state index contributed by atoms with van der Waals surface area (Å²) in [5, 5.41) is 12.4. The van der Waals surface area contributed by atoms with Crippen molar-refractivity contribution in [2.45, 2.75) is 39.0 Å². The minimum Gasteiger partial charge on any atom is -0.395 e. The zero-order valence-corrected chi connectivity index (χ0v) is 11.3. The fraction of sp³-hybridized carbons (Fsp3) is 0.571. The molecule has 2 nitrogen and oxygen atoms in total. The van der Waals surface area contributed by atoms with E-state index in [-0.39, 0.29) is 24.6 Å². The Morgan fingerprint density at radius 3 is 2.00 bits per heavy atom. The van der Waals surface area contributed by atoms with E-state index >= 15 is 0 Å². The average Bonchev–Trinajstić information content (AvgIpc) is 2.34. The van der Waals surface area contributed by atoms with Gasteiger partial charge in [0.2, 0.25) is 0 Å². The molecule has 1 rings (SSSR count). The lowest BCUT2D eigenvalue weighted by Gasteiger charge is -2.25. The molecular weight excluding hydrogens is 255 g/mol. The van der Waals surface area contributed by atoms with Crippen LogP contribution in [0.15, 0.2) is 24.3 Å². The van der Waals surface area contributed by atoms with E-state index in [9.17, 15) is 18.3 Å². The van der Waals surface area contributed by atoms with Crippen LogP contribution in [0.3, 0.4) is 0 Å². The standard InChI is InChI=1S/C14H20F3NO/c1-9(2)13(8-19)18-10(3)11-4-6-12(7-5-11)14(15,16)17/h4-7,9-10,13,18-19H,8H2,1-3H3/t10?,13-/m1/s1. The molecule has 1 unspecified atom stereocenters. The lowest BCUT2D eigenvalue weighted by atomic mass is 10.0. The van der Waals surface area contributed by atoms with Gasteiger partial charge < -0.3 is 10.4 Å². The van der Waals surface area contributed by atoms with Gasteiger partial charge in [0.25, 0.3) is 0 Å². The number of rotatable bonds is 5. The molecule has 0 amide bonds. The Labute approximate surface area is 111 Å². The Kier molecular flexibility index (Phi) is 5.38. The molecule has 0 spiro atoms. The molecular formula is C14H20F3NO. The molecule has 0 aliphatic rings. The van der Waals surface area contributed by atoms with Crippen LogP contribution in [0.4, 0.5) is 13.2 Å². The SMILES string of the molecule is CC(N[C@H](CO)C(C)C)c1ccc(C(F)(F)F)cc1. The van der Waals surface area contributed by atoms with Crippen molar-refractivity contribution in [1.29, 1.82) is 0 Å². The third kappa shape index (κ3) is 4.51. The maximum Gasteiger partial charge on any atom is 0.416 e. The minimum absolute atomic E-state index is 0.00262. The molecule has 0 fully saturated rings. The summed E-state index contributed by atoms with van der Waals surface area (Å²) in [6, 6.07) is 4.91. The Balaban J connectivity index is 2.75. The maximum absolute atomic E-state index is 12.4. The van der Waals surface area contributed by atoms with E-state index in [1.165, 1.54) is 12.1 Å². The molecule has 108 valence electrons. The molecule has 0 aromatic heterocycles. The summed E-state index contributed by atoms with van der Waals surface area (Å²) < 4.78 is 37.3. The third-order valence-corrected chi connectivity index (χ3v) is 3.20. The Hall–Kier alpha value is -1.07. The number of halogens is 3. The highest BCUT2D eigenvalue weighted by molar-refractivity contribution is 5.26. The zero-order valence-electron chi connectivity index (χ0n) is 11.3. The molecule has 0 saturated carbocycles. The first-order valence-corrected chi connectivity index (χ1v) is 6.29. The van der Waals surface area contributed by atoms with Crippen LogP contribution >= 0.6 is 0 Å². The van der Waals surface area contributed by atoms with Gasteiger partial charge in [-0.1, -0.05) is 26.0 Å². The van der Waals surface area contributed by atoms with Gasteiger partial charge >= 0.3 is 6.18 Å². The molecule has 0 aliphatic carbocycles. The fourth-order valence-corrected chi connectivity index (χ4v) is 1.83. The van der Waals surface area contributed by atoms with Crippen molar-refractivity contribution in [1.82, 2.24) is 5.32 Å². The van der Waals surface area contributed by atoms with E-state index in [0.717, 1.165) is 17.7 Å². The topological polar surface area (TPSA) is 32.3 Å². The van der Waals surface area contributed by atoms with Crippen LogP contribution in [0.1, 0.15) is 37.9 Å². The minimum atomic E-state index is -4.30. The summed E-state index contributed by atoms with van der Waals surface area (Å²) in [5.74, 6) is 0.252. The van der Waals surface area contributed by atoms with Gasteiger partial charge in [-0.2, -0.15) is 13.2 Å². The van der Waals surface area contributed by atoms with Crippen LogP contribution in [-0.2, 0) is 6.18 Å². The van der Waals surface area contributed by atoms with Gasteiger partial charge in [-0.15, -0.1) is 0 Å². The summed E-state index contributed by atoms with van der Waals surface area (Å²) in [5.41, 5.74) is 0.123. The van der Waals surface area contributed by atoms with E-state index in [0.29, 0.717) is 0 Å². The number of alkyl halides is 3. The molecule has 2 N–H and O–H groups in total. The van der Waals surface area contributed by atoms with E-state index in [4.69, 9.17) is 0 Å². The van der Waals surface area contributed by atoms with Gasteiger partial charge in [0.15, 0.2) is 0 Å². The first-order chi connectivity index (χ1) is 8.75. The predicted molar refractivity (Wildman–Crippen MR) is 68.7 cm³/mol. The number of hydrogen-bond donors (Lipinski definition) is 2. The molecule has 19 heavy (non-hydrogen) atoms. The van der Waals surface area contributed by atoms with Crippen molar-refractivity contribution < 1.29 is 18.3 Å². The van der Waals surface area contributed by atoms with Gasteiger partial charge in [-0.3, -0.25) is 0 Å². The third-order valence-electron chi connectivity index (χ3n) is 3.20. The highest BCUT2D eigenvalue weighted by atomic mass is 19.4. The second-order valence-corrected chi connectivity index (χ2v) is 5.04. The van der Waals surface area contributed by atoms with Crippen molar-refractivity contribution >= 4 is 0 Å². The number of hydrogen-bond acceptors (Lipinski definition) is 2. The number of aliphatic hydroxyl groups excluding tert-OH is 1. The number of benzene rings is 1. The smallest absolute Gasteiger partial charge is 0.395 e. The van der Waals surface area contributed by atoms with Crippen molar-refractivity contribution in [3.63, 3.8) is 0 Å². The van der Waals surface area contributed by atoms with Crippen LogP contribution in [0.2, 0.25) is 0 Å². The first-order valence-electron chi connectivity index (χ1n) is 6.29. The maximum atomic E-state index is 12.4. The molecule has 0 aliphatic heterocycles. The fourth-order valence-electron chi connectivity index (χ4n) is 1.83. The average molecular weight is 275 g/mol. The van der Waals surface area contributed by atoms with Crippen molar-refractivity contribution in [2.24, 2.45) is 5.92 Å². The van der Waals surface area contributed by atoms with E-state index in [1.54, 1.807) is 0 Å². The van der Waals surface area contributed by atoms with Crippen LogP contribution in [-0.4, -0.2) is 17.8 Å². The van der Waals surface area contributed by atoms with Crippen LogP contribution in [0, 0.1) is 5.92 Å². The van der Waals surface area contributed by atoms with Gasteiger partial charge in [-0.25, -0.2) is 0 Å². The van der Waals surface area contributed by atoms with Gasteiger partial charge in [0.05, 0.1) is 12.2 Å². The summed E-state index contributed by atoms with van der Waals surface area (Å²) in [6.07, 6.45) is -4.30. The number of aliphatic hydroxyl groups is 1. The normalized spacial score (nSPS) is 15.6. The van der Waals surface area contributed by atoms with Crippen molar-refractivity contribution in [2.75, 3.05) is 6.61 Å². The largest absolute Gasteiger partial charge is 0.416 e. The quantitative estimate of drug-likeness (QED) is 0.863. The molecule has 0 saturated heterocycles. The summed E-state index contributed by atoms with van der Waals surface area (Å²) in [7, 11) is 0. The molecule has 0 heterocycles. The monoisotopic (exact) mass is 275 g/mol.